The molecule has 0 N–H and O–H groups in total. The van der Waals surface area contributed by atoms with Crippen molar-refractivity contribution in [3.05, 3.63) is 34.9 Å². The van der Waals surface area contributed by atoms with Gasteiger partial charge in [0, 0.05) is 18.1 Å². The zero-order chi connectivity index (χ0) is 13.2. The van der Waals surface area contributed by atoms with Gasteiger partial charge in [-0.25, -0.2) is 12.7 Å². The second-order valence-corrected chi connectivity index (χ2v) is 7.32. The minimum atomic E-state index is -3.03. The molecule has 18 heavy (non-hydrogen) atoms. The maximum Gasteiger partial charge on any atom is 0.213 e. The molecule has 0 aromatic heterocycles. The molecule has 1 aliphatic heterocycles. The maximum absolute atomic E-state index is 11.8. The van der Waals surface area contributed by atoms with Crippen LogP contribution in [0, 0.1) is 0 Å². The number of hydrogen-bond acceptors (Lipinski definition) is 2. The van der Waals surface area contributed by atoms with Gasteiger partial charge in [-0.05, 0) is 43.4 Å². The Bertz CT molecular complexity index is 507. The fourth-order valence-electron chi connectivity index (χ4n) is 2.41. The number of benzene rings is 1. The molecule has 5 heteroatoms. The van der Waals surface area contributed by atoms with Gasteiger partial charge in [0.25, 0.3) is 0 Å². The molecule has 0 unspecified atom stereocenters. The molecule has 0 amide bonds. The fourth-order valence-corrected chi connectivity index (χ4v) is 3.74. The van der Waals surface area contributed by atoms with Gasteiger partial charge < -0.3 is 0 Å². The molecule has 0 radical (unpaired) electrons. The molecule has 1 saturated heterocycles. The Hall–Kier alpha value is -0.580. The van der Waals surface area contributed by atoms with E-state index in [0.717, 1.165) is 17.9 Å². The van der Waals surface area contributed by atoms with E-state index in [0.29, 0.717) is 19.0 Å². The second kappa shape index (κ2) is 5.59. The lowest BCUT2D eigenvalue weighted by Crippen LogP contribution is -2.38. The molecule has 3 nitrogen and oxygen atoms in total. The van der Waals surface area contributed by atoms with Crippen molar-refractivity contribution in [3.8, 4) is 0 Å². The van der Waals surface area contributed by atoms with Gasteiger partial charge in [-0.3, -0.25) is 0 Å². The molecule has 100 valence electrons. The fraction of sp³-hybridized carbons (Fsp3) is 0.538. The van der Waals surface area contributed by atoms with Gasteiger partial charge in [0.05, 0.1) is 5.75 Å². The van der Waals surface area contributed by atoms with Crippen molar-refractivity contribution in [1.29, 1.82) is 0 Å². The summed E-state index contributed by atoms with van der Waals surface area (Å²) in [4.78, 5) is 0. The normalized spacial score (nSPS) is 19.0. The number of nitrogens with zero attached hydrogens (tertiary/aromatic N) is 1. The van der Waals surface area contributed by atoms with Crippen molar-refractivity contribution in [2.75, 3.05) is 18.8 Å². The highest BCUT2D eigenvalue weighted by molar-refractivity contribution is 7.89. The van der Waals surface area contributed by atoms with Crippen molar-refractivity contribution < 1.29 is 8.42 Å². The average Bonchev–Trinajstić information content (AvgIpc) is 2.39. The van der Waals surface area contributed by atoms with Crippen LogP contribution in [-0.4, -0.2) is 31.6 Å². The third-order valence-corrected chi connectivity index (χ3v) is 5.65. The van der Waals surface area contributed by atoms with Gasteiger partial charge in [-0.1, -0.05) is 23.7 Å². The SMILES string of the molecule is CCS(=O)(=O)N1CCC(c2cccc(Cl)c2)CC1. The van der Waals surface area contributed by atoms with Crippen molar-refractivity contribution >= 4 is 21.6 Å². The van der Waals surface area contributed by atoms with Gasteiger partial charge in [0.15, 0.2) is 0 Å². The molecule has 1 aliphatic rings. The number of hydrogen-bond donors (Lipinski definition) is 0. The first-order valence-corrected chi connectivity index (χ1v) is 8.25. The summed E-state index contributed by atoms with van der Waals surface area (Å²) in [6.45, 7) is 2.93. The number of rotatable bonds is 3. The molecular weight excluding hydrogens is 270 g/mol. The second-order valence-electron chi connectivity index (χ2n) is 4.63. The molecule has 1 aromatic rings. The molecule has 0 saturated carbocycles. The summed E-state index contributed by atoms with van der Waals surface area (Å²) >= 11 is 5.98. The quantitative estimate of drug-likeness (QED) is 0.857. The van der Waals surface area contributed by atoms with Crippen molar-refractivity contribution in [1.82, 2.24) is 4.31 Å². The summed E-state index contributed by atoms with van der Waals surface area (Å²) in [5, 5.41) is 0.746. The van der Waals surface area contributed by atoms with E-state index in [1.165, 1.54) is 5.56 Å². The minimum absolute atomic E-state index is 0.189. The van der Waals surface area contributed by atoms with Crippen molar-refractivity contribution in [2.45, 2.75) is 25.7 Å². The zero-order valence-electron chi connectivity index (χ0n) is 10.5. The van der Waals surface area contributed by atoms with Crippen molar-refractivity contribution in [3.63, 3.8) is 0 Å². The molecule has 1 heterocycles. The minimum Gasteiger partial charge on any atom is -0.212 e. The van der Waals surface area contributed by atoms with E-state index < -0.39 is 10.0 Å². The first-order chi connectivity index (χ1) is 8.53. The standard InChI is InChI=1S/C13H18ClNO2S/c1-2-18(16,17)15-8-6-11(7-9-15)12-4-3-5-13(14)10-12/h3-5,10-11H,2,6-9H2,1H3. The monoisotopic (exact) mass is 287 g/mol. The Kier molecular flexibility index (Phi) is 4.30. The first-order valence-electron chi connectivity index (χ1n) is 6.26. The van der Waals surface area contributed by atoms with Crippen LogP contribution in [-0.2, 0) is 10.0 Å². The van der Waals surface area contributed by atoms with Gasteiger partial charge in [0.2, 0.25) is 10.0 Å². The molecule has 0 atom stereocenters. The summed E-state index contributed by atoms with van der Waals surface area (Å²) in [5.41, 5.74) is 1.22. The van der Waals surface area contributed by atoms with Crippen LogP contribution < -0.4 is 0 Å². The molecule has 0 bridgehead atoms. The van der Waals surface area contributed by atoms with Crippen molar-refractivity contribution in [2.24, 2.45) is 0 Å². The summed E-state index contributed by atoms with van der Waals surface area (Å²) in [5.74, 6) is 0.612. The third kappa shape index (κ3) is 3.05. The highest BCUT2D eigenvalue weighted by Gasteiger charge is 2.27. The largest absolute Gasteiger partial charge is 0.213 e. The van der Waals surface area contributed by atoms with Crippen LogP contribution in [0.4, 0.5) is 0 Å². The smallest absolute Gasteiger partial charge is 0.212 e. The molecule has 1 aromatic carbocycles. The summed E-state index contributed by atoms with van der Waals surface area (Å²) < 4.78 is 25.1. The molecule has 1 fully saturated rings. The predicted octanol–water partition coefficient (Wildman–Crippen LogP) is 2.87. The topological polar surface area (TPSA) is 37.4 Å². The van der Waals surface area contributed by atoms with Crippen LogP contribution in [0.15, 0.2) is 24.3 Å². The zero-order valence-corrected chi connectivity index (χ0v) is 12.0. The Labute approximate surface area is 114 Å². The number of halogens is 1. The van der Waals surface area contributed by atoms with Crippen LogP contribution >= 0.6 is 11.6 Å². The van der Waals surface area contributed by atoms with Crippen LogP contribution in [0.5, 0.6) is 0 Å². The van der Waals surface area contributed by atoms with Gasteiger partial charge in [-0.2, -0.15) is 0 Å². The predicted molar refractivity (Wildman–Crippen MR) is 74.5 cm³/mol. The molecule has 2 rings (SSSR count). The Morgan fingerprint density at radius 1 is 1.33 bits per heavy atom. The van der Waals surface area contributed by atoms with Crippen LogP contribution in [0.1, 0.15) is 31.2 Å². The Morgan fingerprint density at radius 3 is 2.56 bits per heavy atom. The number of piperidine rings is 1. The lowest BCUT2D eigenvalue weighted by molar-refractivity contribution is 0.320. The summed E-state index contributed by atoms with van der Waals surface area (Å²) in [6.07, 6.45) is 1.75. The van der Waals surface area contributed by atoms with E-state index in [-0.39, 0.29) is 5.75 Å². The lowest BCUT2D eigenvalue weighted by atomic mass is 9.90. The molecule has 0 aliphatic carbocycles. The summed E-state index contributed by atoms with van der Waals surface area (Å²) in [7, 11) is -3.03. The van der Waals surface area contributed by atoms with E-state index in [2.05, 4.69) is 6.07 Å². The molecular formula is C13H18ClNO2S. The van der Waals surface area contributed by atoms with E-state index >= 15 is 0 Å². The van der Waals surface area contributed by atoms with Gasteiger partial charge in [-0.15, -0.1) is 0 Å². The van der Waals surface area contributed by atoms with E-state index in [4.69, 9.17) is 11.6 Å². The average molecular weight is 288 g/mol. The van der Waals surface area contributed by atoms with Crippen LogP contribution in [0.25, 0.3) is 0 Å². The maximum atomic E-state index is 11.8. The van der Waals surface area contributed by atoms with Gasteiger partial charge >= 0.3 is 0 Å². The Morgan fingerprint density at radius 2 is 2.00 bits per heavy atom. The first kappa shape index (κ1) is 13.8. The van der Waals surface area contributed by atoms with Crippen LogP contribution in [0.2, 0.25) is 5.02 Å². The Balaban J connectivity index is 2.03. The van der Waals surface area contributed by atoms with Crippen LogP contribution in [0.3, 0.4) is 0 Å². The highest BCUT2D eigenvalue weighted by atomic mass is 35.5. The highest BCUT2D eigenvalue weighted by Crippen LogP contribution is 2.30. The third-order valence-electron chi connectivity index (χ3n) is 3.53. The van der Waals surface area contributed by atoms with E-state index in [1.807, 2.05) is 18.2 Å². The van der Waals surface area contributed by atoms with Gasteiger partial charge in [0.1, 0.15) is 0 Å². The molecule has 0 spiro atoms. The van der Waals surface area contributed by atoms with E-state index in [1.54, 1.807) is 11.2 Å². The van der Waals surface area contributed by atoms with E-state index in [9.17, 15) is 8.42 Å². The number of sulfonamides is 1. The summed E-state index contributed by atoms with van der Waals surface area (Å²) in [6, 6.07) is 7.87. The lowest BCUT2D eigenvalue weighted by Gasteiger charge is -2.31.